The van der Waals surface area contributed by atoms with Gasteiger partial charge in [0.1, 0.15) is 5.78 Å². The smallest absolute Gasteiger partial charge is 0.323 e. The topological polar surface area (TPSA) is 70.5 Å². The molecule has 0 saturated heterocycles. The van der Waals surface area contributed by atoms with Crippen LogP contribution in [0, 0.1) is 5.92 Å². The van der Waals surface area contributed by atoms with E-state index >= 15 is 0 Å². The largest absolute Gasteiger partial charge is 0.361 e. The van der Waals surface area contributed by atoms with Crippen molar-refractivity contribution in [2.24, 2.45) is 5.92 Å². The fourth-order valence-corrected chi connectivity index (χ4v) is 2.00. The molecule has 0 amide bonds. The molecule has 1 saturated carbocycles. The number of rotatable bonds is 4. The van der Waals surface area contributed by atoms with E-state index in [1.165, 1.54) is 0 Å². The van der Waals surface area contributed by atoms with E-state index in [-0.39, 0.29) is 5.78 Å². The molecule has 0 aromatic heterocycles. The van der Waals surface area contributed by atoms with Crippen molar-refractivity contribution in [3.05, 3.63) is 5.53 Å². The van der Waals surface area contributed by atoms with Crippen molar-refractivity contribution in [1.82, 2.24) is 0 Å². The number of ketones is 2. The third kappa shape index (κ3) is 4.66. The maximum Gasteiger partial charge on any atom is 0.323 e. The van der Waals surface area contributed by atoms with E-state index in [4.69, 9.17) is 5.53 Å². The van der Waals surface area contributed by atoms with Crippen molar-refractivity contribution in [3.8, 4) is 0 Å². The van der Waals surface area contributed by atoms with E-state index < -0.39 is 0 Å². The molecule has 0 spiro atoms. The molecular weight excluding hydrogens is 192 g/mol. The summed E-state index contributed by atoms with van der Waals surface area (Å²) < 4.78 is 0. The van der Waals surface area contributed by atoms with Crippen molar-refractivity contribution in [1.29, 1.82) is 0 Å². The third-order valence-corrected chi connectivity index (χ3v) is 2.84. The van der Waals surface area contributed by atoms with Crippen LogP contribution in [-0.2, 0) is 9.59 Å². The highest BCUT2D eigenvalue weighted by molar-refractivity contribution is 6.25. The fraction of sp³-hybridized carbons (Fsp3) is 0.727. The van der Waals surface area contributed by atoms with Crippen molar-refractivity contribution < 1.29 is 14.4 Å². The molecule has 0 aliphatic heterocycles. The summed E-state index contributed by atoms with van der Waals surface area (Å²) in [6.45, 7) is 0. The number of carbonyl (C=O) groups is 2. The lowest BCUT2D eigenvalue weighted by Crippen LogP contribution is -2.08. The van der Waals surface area contributed by atoms with Gasteiger partial charge in [0.15, 0.2) is 0 Å². The van der Waals surface area contributed by atoms with Crippen molar-refractivity contribution in [3.63, 3.8) is 0 Å². The molecule has 0 bridgehead atoms. The Morgan fingerprint density at radius 2 is 2.33 bits per heavy atom. The maximum atomic E-state index is 11.3. The van der Waals surface area contributed by atoms with E-state index in [0.717, 1.165) is 31.9 Å². The van der Waals surface area contributed by atoms with Gasteiger partial charge in [-0.3, -0.25) is 9.59 Å². The molecule has 1 rings (SSSR count). The fourth-order valence-electron chi connectivity index (χ4n) is 2.00. The quantitative estimate of drug-likeness (QED) is 0.306. The van der Waals surface area contributed by atoms with Gasteiger partial charge >= 0.3 is 6.21 Å². The zero-order valence-electron chi connectivity index (χ0n) is 8.82. The molecule has 1 unspecified atom stereocenters. The predicted octanol–water partition coefficient (Wildman–Crippen LogP) is 1.79. The van der Waals surface area contributed by atoms with Gasteiger partial charge < -0.3 is 5.53 Å². The monoisotopic (exact) mass is 208 g/mol. The molecule has 0 N–H and O–H groups in total. The van der Waals surface area contributed by atoms with E-state index in [9.17, 15) is 9.59 Å². The Hall–Kier alpha value is -1.28. The Kier molecular flexibility index (Phi) is 4.91. The van der Waals surface area contributed by atoms with Crippen LogP contribution in [0.4, 0.5) is 0 Å². The van der Waals surface area contributed by atoms with Crippen LogP contribution in [0.3, 0.4) is 0 Å². The van der Waals surface area contributed by atoms with E-state index in [1.807, 2.05) is 0 Å². The van der Waals surface area contributed by atoms with Crippen LogP contribution in [0.1, 0.15) is 44.9 Å². The van der Waals surface area contributed by atoms with Gasteiger partial charge in [0, 0.05) is 19.3 Å². The molecular formula is C11H16N2O2. The van der Waals surface area contributed by atoms with Crippen LogP contribution in [0.25, 0.3) is 5.53 Å². The van der Waals surface area contributed by atoms with Gasteiger partial charge in [-0.05, 0) is 25.2 Å². The molecule has 82 valence electrons. The number of nitrogens with zero attached hydrogens (tertiary/aromatic N) is 2. The Labute approximate surface area is 89.3 Å². The molecule has 0 radical (unpaired) electrons. The summed E-state index contributed by atoms with van der Waals surface area (Å²) in [6.07, 6.45) is 6.46. The van der Waals surface area contributed by atoms with Crippen molar-refractivity contribution in [2.75, 3.05) is 0 Å². The maximum absolute atomic E-state index is 11.3. The van der Waals surface area contributed by atoms with E-state index in [2.05, 4.69) is 4.79 Å². The summed E-state index contributed by atoms with van der Waals surface area (Å²) in [5.41, 5.74) is 8.16. The van der Waals surface area contributed by atoms with Gasteiger partial charge in [0.05, 0.1) is 0 Å². The average Bonchev–Trinajstić information content (AvgIpc) is 2.40. The lowest BCUT2D eigenvalue weighted by Gasteiger charge is -2.10. The number of Topliss-reactive ketones (excluding diaryl/α,β-unsaturated/α-hetero) is 2. The molecule has 1 fully saturated rings. The minimum Gasteiger partial charge on any atom is -0.361 e. The van der Waals surface area contributed by atoms with Crippen LogP contribution in [0.2, 0.25) is 0 Å². The van der Waals surface area contributed by atoms with Crippen LogP contribution in [0.5, 0.6) is 0 Å². The Morgan fingerprint density at radius 3 is 3.07 bits per heavy atom. The first-order valence-electron chi connectivity index (χ1n) is 5.44. The molecule has 0 aromatic carbocycles. The van der Waals surface area contributed by atoms with Gasteiger partial charge in [-0.25, -0.2) is 0 Å². The van der Waals surface area contributed by atoms with E-state index in [0.29, 0.717) is 31.0 Å². The summed E-state index contributed by atoms with van der Waals surface area (Å²) in [6, 6.07) is 0. The SMILES string of the molecule is [N-]=[N+]=CC(=O)CCC1CCCCC(=O)C1. The van der Waals surface area contributed by atoms with Gasteiger partial charge in [-0.1, -0.05) is 6.42 Å². The molecule has 1 atom stereocenters. The van der Waals surface area contributed by atoms with Gasteiger partial charge in [-0.2, -0.15) is 4.79 Å². The summed E-state index contributed by atoms with van der Waals surface area (Å²) in [4.78, 5) is 25.1. The molecule has 1 aliphatic carbocycles. The highest BCUT2D eigenvalue weighted by atomic mass is 16.1. The zero-order valence-corrected chi connectivity index (χ0v) is 8.82. The van der Waals surface area contributed by atoms with Crippen LogP contribution in [0.15, 0.2) is 0 Å². The Balaban J connectivity index is 2.33. The lowest BCUT2D eigenvalue weighted by atomic mass is 9.94. The first-order valence-corrected chi connectivity index (χ1v) is 5.44. The summed E-state index contributed by atoms with van der Waals surface area (Å²) in [5.74, 6) is 0.492. The molecule has 15 heavy (non-hydrogen) atoms. The second-order valence-corrected chi connectivity index (χ2v) is 4.10. The lowest BCUT2D eigenvalue weighted by molar-refractivity contribution is -0.120. The van der Waals surface area contributed by atoms with Gasteiger partial charge in [0.25, 0.3) is 0 Å². The van der Waals surface area contributed by atoms with Crippen LogP contribution >= 0.6 is 0 Å². The second kappa shape index (κ2) is 6.25. The highest BCUT2D eigenvalue weighted by Gasteiger charge is 2.18. The first kappa shape index (κ1) is 11.8. The predicted molar refractivity (Wildman–Crippen MR) is 55.5 cm³/mol. The normalized spacial score (nSPS) is 21.6. The molecule has 0 heterocycles. The van der Waals surface area contributed by atoms with Crippen molar-refractivity contribution in [2.45, 2.75) is 44.9 Å². The second-order valence-electron chi connectivity index (χ2n) is 4.10. The molecule has 1 aliphatic rings. The Bertz CT molecular complexity index is 293. The number of carbonyl (C=O) groups excluding carboxylic acids is 2. The van der Waals surface area contributed by atoms with Crippen LogP contribution in [-0.4, -0.2) is 22.6 Å². The van der Waals surface area contributed by atoms with Gasteiger partial charge in [-0.15, -0.1) is 0 Å². The molecule has 4 nitrogen and oxygen atoms in total. The Morgan fingerprint density at radius 1 is 1.53 bits per heavy atom. The summed E-state index contributed by atoms with van der Waals surface area (Å²) in [5, 5.41) is 0. The van der Waals surface area contributed by atoms with Crippen molar-refractivity contribution >= 4 is 17.8 Å². The van der Waals surface area contributed by atoms with Gasteiger partial charge in [0.2, 0.25) is 5.78 Å². The van der Waals surface area contributed by atoms with E-state index in [1.54, 1.807) is 0 Å². The van der Waals surface area contributed by atoms with Crippen LogP contribution < -0.4 is 0 Å². The molecule has 0 aromatic rings. The minimum absolute atomic E-state index is 0.172. The highest BCUT2D eigenvalue weighted by Crippen LogP contribution is 2.24. The molecule has 4 heteroatoms. The number of hydrogen-bond donors (Lipinski definition) is 0. The number of hydrogen-bond acceptors (Lipinski definition) is 2. The first-order chi connectivity index (χ1) is 7.22. The average molecular weight is 208 g/mol. The summed E-state index contributed by atoms with van der Waals surface area (Å²) in [7, 11) is 0. The zero-order chi connectivity index (χ0) is 11.1. The summed E-state index contributed by atoms with van der Waals surface area (Å²) >= 11 is 0. The third-order valence-electron chi connectivity index (χ3n) is 2.84. The standard InChI is InChI=1S/C11H16N2O2/c12-13-8-11(15)6-5-9-3-1-2-4-10(14)7-9/h8-9H,1-7H2. The minimum atomic E-state index is -0.172.